The molecule has 0 atom stereocenters. The molecule has 2 aliphatic rings. The normalized spacial score (nSPS) is 18.9. The van der Waals surface area contributed by atoms with Crippen molar-refractivity contribution in [3.05, 3.63) is 23.9 Å². The van der Waals surface area contributed by atoms with E-state index >= 15 is 0 Å². The van der Waals surface area contributed by atoms with Crippen molar-refractivity contribution in [2.75, 3.05) is 32.8 Å². The molecular formula is C16H22N4O3. The lowest BCUT2D eigenvalue weighted by atomic mass is 10.0. The molecular weight excluding hydrogens is 296 g/mol. The first-order chi connectivity index (χ1) is 11.2. The molecule has 2 aliphatic heterocycles. The molecule has 0 aliphatic carbocycles. The van der Waals surface area contributed by atoms with Crippen LogP contribution < -0.4 is 10.1 Å². The van der Waals surface area contributed by atoms with Crippen LogP contribution in [0.3, 0.4) is 0 Å². The second-order valence-electron chi connectivity index (χ2n) is 5.77. The largest absolute Gasteiger partial charge is 0.478 e. The van der Waals surface area contributed by atoms with Gasteiger partial charge in [0, 0.05) is 44.5 Å². The molecule has 1 aromatic heterocycles. The number of hydrogen-bond donors (Lipinski definition) is 1. The number of amides is 3. The third-order valence-corrected chi connectivity index (χ3v) is 4.36. The lowest BCUT2D eigenvalue weighted by Gasteiger charge is -2.36. The molecule has 3 amide bonds. The molecule has 2 saturated heterocycles. The van der Waals surface area contributed by atoms with Crippen LogP contribution in [0.15, 0.2) is 18.3 Å². The number of carbonyl (C=O) groups is 2. The number of piperidine rings is 1. The van der Waals surface area contributed by atoms with E-state index in [2.05, 4.69) is 10.3 Å². The topological polar surface area (TPSA) is 74.8 Å². The number of rotatable bonds is 4. The average Bonchev–Trinajstić information content (AvgIpc) is 3.01. The molecule has 23 heavy (non-hydrogen) atoms. The molecule has 2 fully saturated rings. The van der Waals surface area contributed by atoms with Gasteiger partial charge in [-0.05, 0) is 25.8 Å². The second kappa shape index (κ2) is 6.85. The van der Waals surface area contributed by atoms with Crippen LogP contribution in [0.25, 0.3) is 0 Å². The van der Waals surface area contributed by atoms with Gasteiger partial charge in [-0.3, -0.25) is 4.79 Å². The molecule has 1 N–H and O–H groups in total. The van der Waals surface area contributed by atoms with E-state index in [1.165, 1.54) is 0 Å². The Morgan fingerprint density at radius 1 is 1.35 bits per heavy atom. The maximum Gasteiger partial charge on any atom is 0.317 e. The molecule has 0 unspecified atom stereocenters. The third-order valence-electron chi connectivity index (χ3n) is 4.36. The zero-order chi connectivity index (χ0) is 16.2. The Kier molecular flexibility index (Phi) is 4.64. The summed E-state index contributed by atoms with van der Waals surface area (Å²) in [6, 6.07) is 3.73. The van der Waals surface area contributed by atoms with Crippen LogP contribution >= 0.6 is 0 Å². The third kappa shape index (κ3) is 3.38. The first-order valence-corrected chi connectivity index (χ1v) is 8.11. The van der Waals surface area contributed by atoms with E-state index in [-0.39, 0.29) is 18.0 Å². The fourth-order valence-electron chi connectivity index (χ4n) is 3.14. The predicted octanol–water partition coefficient (Wildman–Crippen LogP) is 1.11. The molecule has 1 aromatic rings. The van der Waals surface area contributed by atoms with Crippen molar-refractivity contribution in [2.45, 2.75) is 25.8 Å². The molecule has 7 nitrogen and oxygen atoms in total. The van der Waals surface area contributed by atoms with Crippen molar-refractivity contribution in [3.8, 4) is 5.88 Å². The van der Waals surface area contributed by atoms with Gasteiger partial charge in [0.05, 0.1) is 12.2 Å². The van der Waals surface area contributed by atoms with Crippen LogP contribution in [0.5, 0.6) is 5.88 Å². The number of urea groups is 1. The highest BCUT2D eigenvalue weighted by Crippen LogP contribution is 2.20. The van der Waals surface area contributed by atoms with Crippen LogP contribution in [0.2, 0.25) is 0 Å². The van der Waals surface area contributed by atoms with Gasteiger partial charge in [-0.25, -0.2) is 9.78 Å². The number of nitrogens with zero attached hydrogens (tertiary/aromatic N) is 3. The van der Waals surface area contributed by atoms with Gasteiger partial charge < -0.3 is 19.9 Å². The zero-order valence-electron chi connectivity index (χ0n) is 13.3. The molecule has 0 spiro atoms. The van der Waals surface area contributed by atoms with Gasteiger partial charge in [0.25, 0.3) is 5.91 Å². The zero-order valence-corrected chi connectivity index (χ0v) is 13.3. The van der Waals surface area contributed by atoms with Crippen molar-refractivity contribution in [1.82, 2.24) is 20.1 Å². The maximum absolute atomic E-state index is 12.5. The highest BCUT2D eigenvalue weighted by atomic mass is 16.5. The second-order valence-corrected chi connectivity index (χ2v) is 5.77. The minimum Gasteiger partial charge on any atom is -0.478 e. The first-order valence-electron chi connectivity index (χ1n) is 8.11. The summed E-state index contributed by atoms with van der Waals surface area (Å²) in [7, 11) is 0. The number of aromatic nitrogens is 1. The smallest absolute Gasteiger partial charge is 0.317 e. The van der Waals surface area contributed by atoms with Gasteiger partial charge in [-0.2, -0.15) is 0 Å². The summed E-state index contributed by atoms with van der Waals surface area (Å²) < 4.78 is 5.29. The Bertz CT molecular complexity index is 567. The molecule has 0 aromatic carbocycles. The molecule has 3 heterocycles. The minimum absolute atomic E-state index is 0.00938. The van der Waals surface area contributed by atoms with Crippen molar-refractivity contribution in [1.29, 1.82) is 0 Å². The van der Waals surface area contributed by atoms with Gasteiger partial charge in [-0.15, -0.1) is 0 Å². The summed E-state index contributed by atoms with van der Waals surface area (Å²) in [6.07, 6.45) is 3.21. The highest BCUT2D eigenvalue weighted by Gasteiger charge is 2.32. The number of hydrogen-bond acceptors (Lipinski definition) is 4. The molecule has 0 radical (unpaired) electrons. The quantitative estimate of drug-likeness (QED) is 0.902. The number of ether oxygens (including phenoxy) is 1. The van der Waals surface area contributed by atoms with Gasteiger partial charge in [0.15, 0.2) is 0 Å². The number of carbonyl (C=O) groups excluding carboxylic acids is 2. The van der Waals surface area contributed by atoms with E-state index < -0.39 is 0 Å². The van der Waals surface area contributed by atoms with Crippen molar-refractivity contribution >= 4 is 11.9 Å². The van der Waals surface area contributed by atoms with Crippen molar-refractivity contribution < 1.29 is 14.3 Å². The number of nitrogens with one attached hydrogen (secondary N) is 1. The Morgan fingerprint density at radius 3 is 2.70 bits per heavy atom. The van der Waals surface area contributed by atoms with Crippen LogP contribution in [0, 0.1) is 0 Å². The predicted molar refractivity (Wildman–Crippen MR) is 84.4 cm³/mol. The Balaban J connectivity index is 1.56. The molecule has 124 valence electrons. The Morgan fingerprint density at radius 2 is 2.13 bits per heavy atom. The Labute approximate surface area is 135 Å². The highest BCUT2D eigenvalue weighted by molar-refractivity contribution is 5.94. The molecule has 7 heteroatoms. The van der Waals surface area contributed by atoms with E-state index in [4.69, 9.17) is 4.74 Å². The summed E-state index contributed by atoms with van der Waals surface area (Å²) in [5, 5.41) is 2.83. The van der Waals surface area contributed by atoms with Crippen molar-refractivity contribution in [2.24, 2.45) is 0 Å². The number of pyridine rings is 1. The van der Waals surface area contributed by atoms with E-state index in [1.807, 2.05) is 16.7 Å². The summed E-state index contributed by atoms with van der Waals surface area (Å²) in [4.78, 5) is 32.1. The maximum atomic E-state index is 12.5. The SMILES string of the molecule is CCOc1ccc(C(=O)N2CCC(N3CCNC3=O)CC2)cn1. The Hall–Kier alpha value is -2.31. The van der Waals surface area contributed by atoms with E-state index in [9.17, 15) is 9.59 Å². The lowest BCUT2D eigenvalue weighted by Crippen LogP contribution is -2.47. The fourth-order valence-corrected chi connectivity index (χ4v) is 3.14. The van der Waals surface area contributed by atoms with Crippen LogP contribution in [-0.4, -0.2) is 65.5 Å². The van der Waals surface area contributed by atoms with E-state index in [1.54, 1.807) is 18.3 Å². The van der Waals surface area contributed by atoms with Gasteiger partial charge in [0.1, 0.15) is 0 Å². The average molecular weight is 318 g/mol. The van der Waals surface area contributed by atoms with Crippen LogP contribution in [0.1, 0.15) is 30.1 Å². The first kappa shape index (κ1) is 15.6. The summed E-state index contributed by atoms with van der Waals surface area (Å²) in [6.45, 7) is 5.26. The van der Waals surface area contributed by atoms with Gasteiger partial charge in [0.2, 0.25) is 5.88 Å². The lowest BCUT2D eigenvalue weighted by molar-refractivity contribution is 0.0665. The fraction of sp³-hybridized carbons (Fsp3) is 0.562. The molecule has 3 rings (SSSR count). The molecule has 0 saturated carbocycles. The standard InChI is InChI=1S/C16H22N4O3/c1-2-23-14-4-3-12(11-18-14)15(21)19-8-5-13(6-9-19)20-10-7-17-16(20)22/h3-4,11,13H,2,5-10H2,1H3,(H,17,22). The number of likely N-dealkylation sites (tertiary alicyclic amines) is 1. The van der Waals surface area contributed by atoms with Crippen molar-refractivity contribution in [3.63, 3.8) is 0 Å². The molecule has 0 bridgehead atoms. The minimum atomic E-state index is -0.00938. The van der Waals surface area contributed by atoms with E-state index in [0.717, 1.165) is 25.9 Å². The summed E-state index contributed by atoms with van der Waals surface area (Å²) in [5.74, 6) is 0.521. The van der Waals surface area contributed by atoms with Gasteiger partial charge in [-0.1, -0.05) is 0 Å². The van der Waals surface area contributed by atoms with Gasteiger partial charge >= 0.3 is 6.03 Å². The van der Waals surface area contributed by atoms with Crippen LogP contribution in [0.4, 0.5) is 4.79 Å². The van der Waals surface area contributed by atoms with E-state index in [0.29, 0.717) is 31.1 Å². The monoisotopic (exact) mass is 318 g/mol. The van der Waals surface area contributed by atoms with Crippen LogP contribution in [-0.2, 0) is 0 Å². The summed E-state index contributed by atoms with van der Waals surface area (Å²) in [5.41, 5.74) is 0.575. The summed E-state index contributed by atoms with van der Waals surface area (Å²) >= 11 is 0.